The summed E-state index contributed by atoms with van der Waals surface area (Å²) in [7, 11) is 0. The van der Waals surface area contributed by atoms with Crippen molar-refractivity contribution in [1.29, 1.82) is 0 Å². The van der Waals surface area contributed by atoms with Gasteiger partial charge in [0, 0.05) is 12.7 Å². The van der Waals surface area contributed by atoms with E-state index in [4.69, 9.17) is 4.74 Å². The summed E-state index contributed by atoms with van der Waals surface area (Å²) in [6, 6.07) is 17.5. The molecule has 1 heterocycles. The molecule has 1 N–H and O–H groups in total. The predicted molar refractivity (Wildman–Crippen MR) is 89.5 cm³/mol. The standard InChI is InChI=1S/C19H15F3N2O/c20-19(21,22)15-6-10-17(11-7-15)25-16-8-4-14(5-9-16)13-24-18-3-1-2-12-23-18/h1-12H,13H2,(H,23,24). The summed E-state index contributed by atoms with van der Waals surface area (Å²) in [6.45, 7) is 0.609. The fourth-order valence-electron chi connectivity index (χ4n) is 2.18. The Morgan fingerprint density at radius 3 is 2.04 bits per heavy atom. The van der Waals surface area contributed by atoms with Crippen molar-refractivity contribution in [3.8, 4) is 11.5 Å². The van der Waals surface area contributed by atoms with Gasteiger partial charge in [0.2, 0.25) is 0 Å². The van der Waals surface area contributed by atoms with Crippen LogP contribution in [0.5, 0.6) is 11.5 Å². The molecule has 0 aliphatic heterocycles. The van der Waals surface area contributed by atoms with E-state index in [1.54, 1.807) is 18.3 Å². The molecule has 0 aliphatic rings. The van der Waals surface area contributed by atoms with Crippen LogP contribution in [0.4, 0.5) is 19.0 Å². The lowest BCUT2D eigenvalue weighted by molar-refractivity contribution is -0.137. The van der Waals surface area contributed by atoms with Crippen molar-refractivity contribution in [2.45, 2.75) is 12.7 Å². The van der Waals surface area contributed by atoms with Gasteiger partial charge in [-0.05, 0) is 54.1 Å². The van der Waals surface area contributed by atoms with E-state index in [9.17, 15) is 13.2 Å². The Bertz CT molecular complexity index is 801. The Kier molecular flexibility index (Phi) is 4.88. The van der Waals surface area contributed by atoms with Gasteiger partial charge in [0.05, 0.1) is 5.56 Å². The fraction of sp³-hybridized carbons (Fsp3) is 0.105. The second-order valence-electron chi connectivity index (χ2n) is 5.34. The number of ether oxygens (including phenoxy) is 1. The molecule has 25 heavy (non-hydrogen) atoms. The van der Waals surface area contributed by atoms with Crippen LogP contribution in [0, 0.1) is 0 Å². The number of nitrogens with zero attached hydrogens (tertiary/aromatic N) is 1. The van der Waals surface area contributed by atoms with Gasteiger partial charge < -0.3 is 10.1 Å². The topological polar surface area (TPSA) is 34.1 Å². The summed E-state index contributed by atoms with van der Waals surface area (Å²) in [6.07, 6.45) is -2.63. The minimum atomic E-state index is -4.35. The number of benzene rings is 2. The predicted octanol–water partition coefficient (Wildman–Crippen LogP) is 5.50. The lowest BCUT2D eigenvalue weighted by Gasteiger charge is -2.10. The number of anilines is 1. The molecule has 3 aromatic rings. The minimum Gasteiger partial charge on any atom is -0.457 e. The third-order valence-electron chi connectivity index (χ3n) is 3.48. The van der Waals surface area contributed by atoms with Crippen LogP contribution < -0.4 is 10.1 Å². The molecule has 0 spiro atoms. The molecule has 2 aromatic carbocycles. The van der Waals surface area contributed by atoms with Crippen molar-refractivity contribution >= 4 is 5.82 Å². The summed E-state index contributed by atoms with van der Waals surface area (Å²) < 4.78 is 43.2. The second-order valence-corrected chi connectivity index (χ2v) is 5.34. The SMILES string of the molecule is FC(F)(F)c1ccc(Oc2ccc(CNc3ccccn3)cc2)cc1. The maximum Gasteiger partial charge on any atom is 0.416 e. The summed E-state index contributed by atoms with van der Waals surface area (Å²) in [5.41, 5.74) is 0.334. The van der Waals surface area contributed by atoms with Crippen LogP contribution in [0.15, 0.2) is 72.9 Å². The highest BCUT2D eigenvalue weighted by molar-refractivity contribution is 5.38. The quantitative estimate of drug-likeness (QED) is 0.663. The van der Waals surface area contributed by atoms with Gasteiger partial charge in [-0.15, -0.1) is 0 Å². The normalized spacial score (nSPS) is 11.2. The Morgan fingerprint density at radius 2 is 1.48 bits per heavy atom. The number of rotatable bonds is 5. The molecule has 128 valence electrons. The second kappa shape index (κ2) is 7.25. The highest BCUT2D eigenvalue weighted by Crippen LogP contribution is 2.31. The number of hydrogen-bond acceptors (Lipinski definition) is 3. The molecule has 0 aliphatic carbocycles. The number of nitrogens with one attached hydrogen (secondary N) is 1. The van der Waals surface area contributed by atoms with E-state index in [1.165, 1.54) is 12.1 Å². The number of aromatic nitrogens is 1. The maximum atomic E-state index is 12.5. The van der Waals surface area contributed by atoms with Gasteiger partial charge in [-0.3, -0.25) is 0 Å². The largest absolute Gasteiger partial charge is 0.457 e. The molecule has 0 saturated carbocycles. The van der Waals surface area contributed by atoms with E-state index in [-0.39, 0.29) is 0 Å². The zero-order valence-corrected chi connectivity index (χ0v) is 13.1. The molecule has 3 rings (SSSR count). The van der Waals surface area contributed by atoms with Gasteiger partial charge in [0.1, 0.15) is 17.3 Å². The molecule has 0 fully saturated rings. The summed E-state index contributed by atoms with van der Waals surface area (Å²) in [5.74, 6) is 1.70. The van der Waals surface area contributed by atoms with Crippen LogP contribution in [0.1, 0.15) is 11.1 Å². The smallest absolute Gasteiger partial charge is 0.416 e. The fourth-order valence-corrected chi connectivity index (χ4v) is 2.18. The van der Waals surface area contributed by atoms with E-state index in [0.717, 1.165) is 23.5 Å². The minimum absolute atomic E-state index is 0.354. The summed E-state index contributed by atoms with van der Waals surface area (Å²) >= 11 is 0. The summed E-state index contributed by atoms with van der Waals surface area (Å²) in [4.78, 5) is 4.18. The third kappa shape index (κ3) is 4.73. The van der Waals surface area contributed by atoms with Crippen LogP contribution in [0.25, 0.3) is 0 Å². The molecular weight excluding hydrogens is 329 g/mol. The molecule has 3 nitrogen and oxygen atoms in total. The lowest BCUT2D eigenvalue weighted by atomic mass is 10.2. The van der Waals surface area contributed by atoms with Crippen molar-refractivity contribution in [2.75, 3.05) is 5.32 Å². The van der Waals surface area contributed by atoms with Crippen LogP contribution in [-0.4, -0.2) is 4.98 Å². The molecular formula is C19H15F3N2O. The average Bonchev–Trinajstić information content (AvgIpc) is 2.62. The first kappa shape index (κ1) is 16.8. The molecule has 0 unspecified atom stereocenters. The first-order valence-electron chi connectivity index (χ1n) is 7.60. The van der Waals surface area contributed by atoms with E-state index >= 15 is 0 Å². The maximum absolute atomic E-state index is 12.5. The van der Waals surface area contributed by atoms with Crippen molar-refractivity contribution in [1.82, 2.24) is 4.98 Å². The van der Waals surface area contributed by atoms with Gasteiger partial charge >= 0.3 is 6.18 Å². The van der Waals surface area contributed by atoms with Gasteiger partial charge in [-0.2, -0.15) is 13.2 Å². The van der Waals surface area contributed by atoms with E-state index in [2.05, 4.69) is 10.3 Å². The zero-order chi connectivity index (χ0) is 17.7. The van der Waals surface area contributed by atoms with Gasteiger partial charge in [-0.1, -0.05) is 18.2 Å². The Labute approximate surface area is 143 Å². The molecule has 0 saturated heterocycles. The van der Waals surface area contributed by atoms with E-state index in [1.807, 2.05) is 30.3 Å². The van der Waals surface area contributed by atoms with Crippen molar-refractivity contribution < 1.29 is 17.9 Å². The first-order chi connectivity index (χ1) is 12.0. The lowest BCUT2D eigenvalue weighted by Crippen LogP contribution is -2.04. The number of alkyl halides is 3. The van der Waals surface area contributed by atoms with Gasteiger partial charge in [-0.25, -0.2) is 4.98 Å². The highest BCUT2D eigenvalue weighted by atomic mass is 19.4. The third-order valence-corrected chi connectivity index (χ3v) is 3.48. The molecule has 6 heteroatoms. The van der Waals surface area contributed by atoms with Crippen LogP contribution >= 0.6 is 0 Å². The van der Waals surface area contributed by atoms with Crippen LogP contribution in [-0.2, 0) is 12.7 Å². The Balaban J connectivity index is 1.59. The first-order valence-corrected chi connectivity index (χ1v) is 7.60. The van der Waals surface area contributed by atoms with Crippen molar-refractivity contribution in [3.63, 3.8) is 0 Å². The number of halogens is 3. The Morgan fingerprint density at radius 1 is 0.840 bits per heavy atom. The van der Waals surface area contributed by atoms with Gasteiger partial charge in [0.15, 0.2) is 0 Å². The van der Waals surface area contributed by atoms with Crippen LogP contribution in [0.2, 0.25) is 0 Å². The molecule has 0 atom stereocenters. The molecule has 0 radical (unpaired) electrons. The number of hydrogen-bond donors (Lipinski definition) is 1. The highest BCUT2D eigenvalue weighted by Gasteiger charge is 2.30. The summed E-state index contributed by atoms with van der Waals surface area (Å²) in [5, 5.41) is 3.19. The Hall–Kier alpha value is -3.02. The molecule has 0 amide bonds. The number of pyridine rings is 1. The van der Waals surface area contributed by atoms with Crippen LogP contribution in [0.3, 0.4) is 0 Å². The zero-order valence-electron chi connectivity index (χ0n) is 13.1. The van der Waals surface area contributed by atoms with E-state index in [0.29, 0.717) is 18.0 Å². The van der Waals surface area contributed by atoms with Crippen molar-refractivity contribution in [2.24, 2.45) is 0 Å². The average molecular weight is 344 g/mol. The van der Waals surface area contributed by atoms with Gasteiger partial charge in [0.25, 0.3) is 0 Å². The van der Waals surface area contributed by atoms with Crippen molar-refractivity contribution in [3.05, 3.63) is 84.1 Å². The molecule has 1 aromatic heterocycles. The molecule has 0 bridgehead atoms. The monoisotopic (exact) mass is 344 g/mol. The van der Waals surface area contributed by atoms with E-state index < -0.39 is 11.7 Å².